The van der Waals surface area contributed by atoms with Crippen molar-refractivity contribution in [1.29, 1.82) is 10.8 Å². The van der Waals surface area contributed by atoms with Crippen molar-refractivity contribution in [3.8, 4) is 0 Å². The molecular weight excluding hydrogens is 2020 g/mol. The Morgan fingerprint density at radius 1 is 0.463 bits per heavy atom. The van der Waals surface area contributed by atoms with Crippen LogP contribution in [-0.4, -0.2) is 349 Å². The average molecular weight is 2150 g/mol. The summed E-state index contributed by atoms with van der Waals surface area (Å²) in [6.45, 7) is 10.4. The Balaban J connectivity index is 2.18. The Morgan fingerprint density at radius 3 is 1.44 bits per heavy atom. The van der Waals surface area contributed by atoms with E-state index >= 15 is 33.6 Å². The molecule has 0 unspecified atom stereocenters. The predicted octanol–water partition coefficient (Wildman–Crippen LogP) is -11.8. The molecule has 24 amide bonds. The van der Waals surface area contributed by atoms with E-state index in [1.165, 1.54) is 26.4 Å². The summed E-state index contributed by atoms with van der Waals surface area (Å²) < 4.78 is 0. The van der Waals surface area contributed by atoms with Gasteiger partial charge in [-0.15, -0.1) is 0 Å². The monoisotopic (exact) mass is 2150 g/mol. The van der Waals surface area contributed by atoms with Crippen molar-refractivity contribution in [1.82, 2.24) is 127 Å². The van der Waals surface area contributed by atoms with Crippen LogP contribution in [0.5, 0.6) is 0 Å². The first kappa shape index (κ1) is 125. The number of H-pyrrole nitrogens is 1. The minimum absolute atomic E-state index is 0.00711. The zero-order valence-corrected chi connectivity index (χ0v) is 85.9. The number of nitrogens with zero attached hydrogens (tertiary/aromatic N) is 2. The number of hydrogen-bond donors (Lipinski definition) is 31. The smallest absolute Gasteiger partial charge is 0.303 e. The van der Waals surface area contributed by atoms with Gasteiger partial charge in [0.05, 0.1) is 18.9 Å². The van der Waals surface area contributed by atoms with Gasteiger partial charge in [-0.3, -0.25) is 136 Å². The molecule has 1 aromatic rings. The minimum Gasteiger partial charge on any atom is -0.481 e. The molecule has 0 spiro atoms. The van der Waals surface area contributed by atoms with Gasteiger partial charge in [-0.2, -0.15) is 0 Å². The summed E-state index contributed by atoms with van der Waals surface area (Å²) in [5.41, 5.74) is 28.3. The first-order valence-electron chi connectivity index (χ1n) is 47.0. The number of carboxylic acids is 1. The number of aliphatic carboxylic acids is 1. The lowest BCUT2D eigenvalue weighted by Gasteiger charge is -2.30. The molecule has 1 aromatic heterocycles. The van der Waals surface area contributed by atoms with E-state index < -0.39 is 355 Å². The highest BCUT2D eigenvalue weighted by Crippen LogP contribution is 2.27. The number of rotatable bonds is 37. The number of aliphatic hydroxyl groups is 1. The lowest BCUT2D eigenvalue weighted by molar-refractivity contribution is -0.142. The summed E-state index contributed by atoms with van der Waals surface area (Å²) in [5.74, 6) is -32.8. The van der Waals surface area contributed by atoms with Crippen LogP contribution in [0.3, 0.4) is 0 Å². The third-order valence-electron chi connectivity index (χ3n) is 22.2. The summed E-state index contributed by atoms with van der Waals surface area (Å²) in [6.07, 6.45) is -6.66. The summed E-state index contributed by atoms with van der Waals surface area (Å²) >= 11 is 0. The van der Waals surface area contributed by atoms with Crippen LogP contribution in [0.25, 0.3) is 0 Å². The van der Waals surface area contributed by atoms with Crippen LogP contribution in [0.4, 0.5) is 0 Å². The number of carbonyl (C=O) groups excluding carboxylic acids is 24. The van der Waals surface area contributed by atoms with Gasteiger partial charge in [0.2, 0.25) is 142 Å². The van der Waals surface area contributed by atoms with Gasteiger partial charge in [0.25, 0.3) is 0 Å². The predicted molar refractivity (Wildman–Crippen MR) is 531 cm³/mol. The molecular formula is C85H137N31O27S4. The molecule has 36 N–H and O–H groups in total. The maximum atomic E-state index is 15.5. The summed E-state index contributed by atoms with van der Waals surface area (Å²) in [6, 6.07) is -32.7. The summed E-state index contributed by atoms with van der Waals surface area (Å²) in [7, 11) is 2.64. The number of hydrogen-bond acceptors (Lipinski definition) is 33. The van der Waals surface area contributed by atoms with Crippen molar-refractivity contribution < 1.29 is 130 Å². The molecule has 58 nitrogen and oxygen atoms in total. The van der Waals surface area contributed by atoms with Gasteiger partial charge < -0.3 is 155 Å². The highest BCUT2D eigenvalue weighted by molar-refractivity contribution is 8.77. The first-order valence-corrected chi connectivity index (χ1v) is 52.0. The first-order chi connectivity index (χ1) is 69.1. The molecule has 3 aliphatic heterocycles. The number of nitrogens with one attached hydrogen (secondary N) is 24. The number of carbonyl (C=O) groups is 25. The number of imidazole rings is 1. The zero-order valence-electron chi connectivity index (χ0n) is 82.6. The number of fused-ring (bicyclic) bond motifs is 12. The molecule has 4 rings (SSSR count). The number of nitrogens with two attached hydrogens (primary N) is 5. The number of aliphatic hydroxyl groups excluding tert-OH is 1. The normalized spacial score (nSPS) is 24.1. The van der Waals surface area contributed by atoms with Crippen molar-refractivity contribution in [3.63, 3.8) is 0 Å². The van der Waals surface area contributed by atoms with E-state index in [4.69, 9.17) is 39.5 Å². The molecule has 3 aliphatic rings. The molecule has 2 bridgehead atoms. The number of aromatic nitrogens is 2. The number of amides is 24. The fourth-order valence-electron chi connectivity index (χ4n) is 14.5. The molecule has 19 atom stereocenters. The van der Waals surface area contributed by atoms with E-state index in [0.29, 0.717) is 21.6 Å². The van der Waals surface area contributed by atoms with Crippen molar-refractivity contribution in [2.45, 2.75) is 293 Å². The second-order valence-corrected chi connectivity index (χ2v) is 40.4. The average Bonchev–Trinajstić information content (AvgIpc) is 1.64. The molecule has 0 radical (unpaired) electrons. The maximum Gasteiger partial charge on any atom is 0.303 e. The van der Waals surface area contributed by atoms with Gasteiger partial charge in [-0.05, 0) is 117 Å². The van der Waals surface area contributed by atoms with Gasteiger partial charge in [-0.25, -0.2) is 4.98 Å². The molecule has 3 fully saturated rings. The lowest BCUT2D eigenvalue weighted by atomic mass is 10.0. The minimum atomic E-state index is -2.12. The van der Waals surface area contributed by atoms with Crippen LogP contribution in [-0.2, 0) is 126 Å². The highest BCUT2D eigenvalue weighted by atomic mass is 33.1. The molecule has 147 heavy (non-hydrogen) atoms. The van der Waals surface area contributed by atoms with Crippen molar-refractivity contribution >= 4 is 203 Å². The molecule has 0 aliphatic carbocycles. The molecule has 0 saturated carbocycles. The Kier molecular flexibility index (Phi) is 54.7. The van der Waals surface area contributed by atoms with Gasteiger partial charge >= 0.3 is 5.97 Å². The molecule has 0 aromatic carbocycles. The van der Waals surface area contributed by atoms with E-state index in [-0.39, 0.29) is 96.1 Å². The van der Waals surface area contributed by atoms with E-state index in [2.05, 4.69) is 116 Å². The molecule has 818 valence electrons. The zero-order chi connectivity index (χ0) is 110. The molecule has 62 heteroatoms. The van der Waals surface area contributed by atoms with Crippen LogP contribution in [0.15, 0.2) is 12.5 Å². The lowest BCUT2D eigenvalue weighted by Crippen LogP contribution is -2.61. The SMILES string of the molecule is CC(=O)NCCCC[C@@H]1NC(=O)[C@@H]2CSSC[C@@H](C(=O)N[C@@H](CCC(N)=O)C(=O)N[C@@H](CCC(N)=O)C(=O)N[C@@H](Cc3cnc[nH]3)C(=O)NC(C)=O)NC(=O)[C@H](CCCNC(=N)N)NC(=O)[C@H](CCCNC(=N)N)NC(=O)[C@H](C)NC(=O)[C@H](CSSC[C@H](NC(C)=O)C(=O)N[C@@H](CC(N)=O)C(=O)N2)NC(=O)[C@H](CC(C)C)NC(=O)[C@H](C)NC(=O)[C@H]([C@@H](C)O)NC(=O)[C@H](CCC(=O)O)NC(=O)[C@@H]2CCCN2C(=O)[C@H](C)NC1=O. The quantitative estimate of drug-likeness (QED) is 0.0127. The van der Waals surface area contributed by atoms with E-state index in [9.17, 15) is 96.5 Å². The molecule has 3 saturated heterocycles. The van der Waals surface area contributed by atoms with Crippen molar-refractivity contribution in [2.24, 2.45) is 34.6 Å². The fraction of sp³-hybridized carbons (Fsp3) is 0.647. The number of carboxylic acid groups (broad SMARTS) is 1. The second-order valence-electron chi connectivity index (χ2n) is 35.2. The Bertz CT molecular complexity index is 4870. The Labute approximate surface area is 860 Å². The number of guanidine groups is 2. The van der Waals surface area contributed by atoms with Gasteiger partial charge in [-0.1, -0.05) is 57.0 Å². The Morgan fingerprint density at radius 2 is 0.918 bits per heavy atom. The van der Waals surface area contributed by atoms with Crippen LogP contribution >= 0.6 is 43.2 Å². The van der Waals surface area contributed by atoms with E-state index in [0.717, 1.165) is 61.1 Å². The fourth-order valence-corrected chi connectivity index (χ4v) is 19.2. The number of aromatic amines is 1. The van der Waals surface area contributed by atoms with Crippen LogP contribution < -0.4 is 140 Å². The largest absolute Gasteiger partial charge is 0.481 e. The van der Waals surface area contributed by atoms with E-state index in [1.807, 2.05) is 5.32 Å². The van der Waals surface area contributed by atoms with E-state index in [1.54, 1.807) is 13.8 Å². The maximum absolute atomic E-state index is 15.5. The van der Waals surface area contributed by atoms with Crippen LogP contribution in [0.2, 0.25) is 0 Å². The number of primary amides is 3. The number of imide groups is 1. The Hall–Kier alpha value is -13.9. The third kappa shape index (κ3) is 47.0. The third-order valence-corrected chi connectivity index (χ3v) is 27.0. The summed E-state index contributed by atoms with van der Waals surface area (Å²) in [4.78, 5) is 362. The van der Waals surface area contributed by atoms with Crippen molar-refractivity contribution in [2.75, 3.05) is 49.2 Å². The van der Waals surface area contributed by atoms with Gasteiger partial charge in [0.15, 0.2) is 11.9 Å². The van der Waals surface area contributed by atoms with Gasteiger partial charge in [0.1, 0.15) is 109 Å². The standard InChI is InChI=1S/C85H137N31O27S4/c1-38(2)29-53-75(135)113-57-34-145-144-33-56(101-44(8)119)78(138)111-55(31-63(88)123)76(136)114-59(79(139)105-47(15-10-11-25-94-43(7)118)68(128)100-41(5)83(143)116-28-14-18-60(116)81(141)108-52(21-24-64(124)125)73(133)115-65(42(6)117)82(142)99-40(4)67(127)109-53)36-147-146-35-58(112-70(130)49(17-13-27-96-85(91)92)104-69(129)48(16-12-26-95-84(89)90)103-66(126)39(3)98-77(57)137)80(140)107-50(19-22-61(86)121)71(131)106-51(20-23-62(87)122)72(132)110-54(74(134)102-45(9)120)30-46-32-93-37-97-46/h32,37-42,47-60,65,117H,10-31,33-36H2,1-9H3,(H2,86,121)(H2,87,122)(H2,88,123)(H,93,97)(H,94,118)(H,98,137)(H,99,142)(H,100,128)(H,101,119)(H,103,126)(H,104,129)(H,105,139)(H,106,131)(H,107,140)(H,108,141)(H,109,127)(H,110,132)(H,111,138)(H,112,130)(H,113,135)(H,114,136)(H,115,133)(H,124,125)(H4,89,90,95)(H4,91,92,96)(H,102,120,134)/t39-,40-,41-,42+,47-,48-,49-,50-,51-,52-,53-,54-,55-,56-,57-,58-,59-,60-,65-/m0/s1. The van der Waals surface area contributed by atoms with Crippen molar-refractivity contribution in [3.05, 3.63) is 18.2 Å². The number of unbranched alkanes of at least 4 members (excludes halogenated alkanes) is 1. The molecule has 4 heterocycles. The van der Waals surface area contributed by atoms with Gasteiger partial charge in [0, 0.05) is 108 Å². The van der Waals surface area contributed by atoms with Crippen LogP contribution in [0.1, 0.15) is 177 Å². The summed E-state index contributed by atoms with van der Waals surface area (Å²) in [5, 5.41) is 87.7. The topological polar surface area (TPSA) is 930 Å². The highest BCUT2D eigenvalue weighted by Gasteiger charge is 2.44. The van der Waals surface area contributed by atoms with Crippen LogP contribution in [0, 0.1) is 16.7 Å². The second kappa shape index (κ2) is 64.1.